The number of aliphatic hydroxyl groups excluding tert-OH is 1. The maximum atomic E-state index is 11.5. The molecule has 0 spiro atoms. The van der Waals surface area contributed by atoms with Crippen LogP contribution in [0.3, 0.4) is 0 Å². The molecule has 100 valence electrons. The molecule has 0 bridgehead atoms. The van der Waals surface area contributed by atoms with Gasteiger partial charge in [-0.15, -0.1) is 0 Å². The fourth-order valence-electron chi connectivity index (χ4n) is 1.61. The lowest BCUT2D eigenvalue weighted by Gasteiger charge is -2.18. The number of hydrogen-bond acceptors (Lipinski definition) is 4. The van der Waals surface area contributed by atoms with E-state index in [1.54, 1.807) is 13.8 Å². The minimum atomic E-state index is -1.25. The lowest BCUT2D eigenvalue weighted by Crippen LogP contribution is -2.42. The molecule has 1 unspecified atom stereocenters. The first-order valence-electron chi connectivity index (χ1n) is 6.18. The van der Waals surface area contributed by atoms with Gasteiger partial charge < -0.3 is 15.6 Å². The topological polar surface area (TPSA) is 72.5 Å². The highest BCUT2D eigenvalue weighted by Crippen LogP contribution is 2.07. The number of hydrogen-bond donors (Lipinski definition) is 2. The van der Waals surface area contributed by atoms with Crippen molar-refractivity contribution < 1.29 is 14.6 Å². The Kier molecular flexibility index (Phi) is 5.82. The Hall–Kier alpha value is -1.39. The Bertz CT molecular complexity index is 365. The van der Waals surface area contributed by atoms with E-state index in [0.29, 0.717) is 6.42 Å². The maximum Gasteiger partial charge on any atom is 0.336 e. The fourth-order valence-corrected chi connectivity index (χ4v) is 1.61. The van der Waals surface area contributed by atoms with E-state index in [2.05, 4.69) is 0 Å². The first-order chi connectivity index (χ1) is 8.50. The number of carbonyl (C=O) groups excluding carboxylic acids is 1. The molecule has 4 heteroatoms. The summed E-state index contributed by atoms with van der Waals surface area (Å²) >= 11 is 0. The lowest BCUT2D eigenvalue weighted by atomic mass is 10.0. The molecule has 0 amide bonds. The molecule has 2 atom stereocenters. The van der Waals surface area contributed by atoms with Gasteiger partial charge in [-0.2, -0.15) is 0 Å². The third-order valence-electron chi connectivity index (χ3n) is 2.61. The van der Waals surface area contributed by atoms with Crippen LogP contribution in [-0.2, 0) is 16.0 Å². The van der Waals surface area contributed by atoms with Gasteiger partial charge in [-0.05, 0) is 32.3 Å². The van der Waals surface area contributed by atoms with E-state index < -0.39 is 18.1 Å². The fraction of sp³-hybridized carbons (Fsp3) is 0.500. The second-order valence-corrected chi connectivity index (χ2v) is 4.62. The average Bonchev–Trinajstić information content (AvgIpc) is 2.35. The molecule has 0 saturated carbocycles. The van der Waals surface area contributed by atoms with Crippen molar-refractivity contribution in [2.24, 2.45) is 5.73 Å². The van der Waals surface area contributed by atoms with Crippen molar-refractivity contribution in [3.05, 3.63) is 35.9 Å². The lowest BCUT2D eigenvalue weighted by molar-refractivity contribution is -0.158. The Morgan fingerprint density at radius 1 is 1.33 bits per heavy atom. The van der Waals surface area contributed by atoms with Crippen molar-refractivity contribution in [1.29, 1.82) is 0 Å². The van der Waals surface area contributed by atoms with Crippen molar-refractivity contribution in [3.63, 3.8) is 0 Å². The Labute approximate surface area is 108 Å². The SMILES string of the molecule is CC(C)OC(=O)C(O)[C@@H](N)CCc1ccccc1. The van der Waals surface area contributed by atoms with Gasteiger partial charge in [0.15, 0.2) is 6.10 Å². The molecular formula is C14H21NO3. The van der Waals surface area contributed by atoms with E-state index in [9.17, 15) is 9.90 Å². The summed E-state index contributed by atoms with van der Waals surface area (Å²) in [4.78, 5) is 11.5. The van der Waals surface area contributed by atoms with Crippen molar-refractivity contribution in [3.8, 4) is 0 Å². The van der Waals surface area contributed by atoms with Crippen LogP contribution in [0.15, 0.2) is 30.3 Å². The Morgan fingerprint density at radius 2 is 1.94 bits per heavy atom. The minimum absolute atomic E-state index is 0.242. The van der Waals surface area contributed by atoms with Gasteiger partial charge >= 0.3 is 5.97 Å². The monoisotopic (exact) mass is 251 g/mol. The molecule has 18 heavy (non-hydrogen) atoms. The van der Waals surface area contributed by atoms with Gasteiger partial charge in [-0.3, -0.25) is 0 Å². The van der Waals surface area contributed by atoms with Crippen LogP contribution in [0.2, 0.25) is 0 Å². The number of rotatable bonds is 6. The molecule has 0 radical (unpaired) electrons. The van der Waals surface area contributed by atoms with Crippen LogP contribution in [0.1, 0.15) is 25.8 Å². The van der Waals surface area contributed by atoms with Gasteiger partial charge in [-0.25, -0.2) is 4.79 Å². The van der Waals surface area contributed by atoms with Crippen LogP contribution in [0.25, 0.3) is 0 Å². The number of esters is 1. The predicted molar refractivity (Wildman–Crippen MR) is 70.0 cm³/mol. The van der Waals surface area contributed by atoms with Gasteiger partial charge in [0.05, 0.1) is 6.10 Å². The highest BCUT2D eigenvalue weighted by atomic mass is 16.6. The van der Waals surface area contributed by atoms with Gasteiger partial charge in [0.1, 0.15) is 0 Å². The minimum Gasteiger partial charge on any atom is -0.461 e. The molecule has 0 aromatic heterocycles. The van der Waals surface area contributed by atoms with Crippen LogP contribution in [0.5, 0.6) is 0 Å². The highest BCUT2D eigenvalue weighted by Gasteiger charge is 2.24. The molecule has 0 fully saturated rings. The largest absolute Gasteiger partial charge is 0.461 e. The predicted octanol–water partition coefficient (Wildman–Crippen LogP) is 1.26. The standard InChI is InChI=1S/C14H21NO3/c1-10(2)18-14(17)13(16)12(15)9-8-11-6-4-3-5-7-11/h3-7,10,12-13,16H,8-9,15H2,1-2H3/t12-,13?/m0/s1. The zero-order chi connectivity index (χ0) is 13.5. The number of benzene rings is 1. The highest BCUT2D eigenvalue weighted by molar-refractivity contribution is 5.75. The van der Waals surface area contributed by atoms with Crippen molar-refractivity contribution in [2.45, 2.75) is 44.9 Å². The van der Waals surface area contributed by atoms with Crippen LogP contribution in [-0.4, -0.2) is 29.3 Å². The number of carbonyl (C=O) groups is 1. The summed E-state index contributed by atoms with van der Waals surface area (Å²) in [6, 6.07) is 9.22. The van der Waals surface area contributed by atoms with E-state index in [1.165, 1.54) is 0 Å². The molecule has 0 saturated heterocycles. The van der Waals surface area contributed by atoms with Crippen molar-refractivity contribution in [1.82, 2.24) is 0 Å². The smallest absolute Gasteiger partial charge is 0.336 e. The zero-order valence-corrected chi connectivity index (χ0v) is 10.9. The molecule has 0 aliphatic heterocycles. The molecule has 0 heterocycles. The summed E-state index contributed by atoms with van der Waals surface area (Å²) in [5.41, 5.74) is 6.93. The van der Waals surface area contributed by atoms with Crippen LogP contribution in [0.4, 0.5) is 0 Å². The summed E-state index contributed by atoms with van der Waals surface area (Å²) in [7, 11) is 0. The quantitative estimate of drug-likeness (QED) is 0.747. The second kappa shape index (κ2) is 7.13. The van der Waals surface area contributed by atoms with Crippen molar-refractivity contribution in [2.75, 3.05) is 0 Å². The van der Waals surface area contributed by atoms with E-state index in [1.807, 2.05) is 30.3 Å². The molecule has 1 aromatic rings. The van der Waals surface area contributed by atoms with E-state index in [0.717, 1.165) is 12.0 Å². The number of aryl methyl sites for hydroxylation is 1. The Balaban J connectivity index is 2.40. The van der Waals surface area contributed by atoms with Gasteiger partial charge in [0.25, 0.3) is 0 Å². The summed E-state index contributed by atoms with van der Waals surface area (Å²) in [6.07, 6.45) is -0.226. The average molecular weight is 251 g/mol. The van der Waals surface area contributed by atoms with Crippen molar-refractivity contribution >= 4 is 5.97 Å². The number of aliphatic hydroxyl groups is 1. The maximum absolute atomic E-state index is 11.5. The van der Waals surface area contributed by atoms with Gasteiger partial charge in [0, 0.05) is 6.04 Å². The summed E-state index contributed by atoms with van der Waals surface area (Å²) in [5, 5.41) is 9.71. The van der Waals surface area contributed by atoms with Gasteiger partial charge in [0.2, 0.25) is 0 Å². The van der Waals surface area contributed by atoms with Crippen LogP contribution in [0, 0.1) is 0 Å². The third-order valence-corrected chi connectivity index (χ3v) is 2.61. The molecule has 1 aromatic carbocycles. The molecular weight excluding hydrogens is 230 g/mol. The first-order valence-corrected chi connectivity index (χ1v) is 6.18. The van der Waals surface area contributed by atoms with Crippen LogP contribution >= 0.6 is 0 Å². The zero-order valence-electron chi connectivity index (χ0n) is 10.9. The molecule has 0 aliphatic rings. The summed E-state index contributed by atoms with van der Waals surface area (Å²) in [5.74, 6) is -0.648. The number of nitrogens with two attached hydrogens (primary N) is 1. The Morgan fingerprint density at radius 3 is 2.50 bits per heavy atom. The third kappa shape index (κ3) is 4.85. The van der Waals surface area contributed by atoms with Gasteiger partial charge in [-0.1, -0.05) is 30.3 Å². The summed E-state index contributed by atoms with van der Waals surface area (Å²) in [6.45, 7) is 3.47. The molecule has 4 nitrogen and oxygen atoms in total. The van der Waals surface area contributed by atoms with Crippen LogP contribution < -0.4 is 5.73 Å². The van der Waals surface area contributed by atoms with E-state index in [-0.39, 0.29) is 6.10 Å². The van der Waals surface area contributed by atoms with E-state index in [4.69, 9.17) is 10.5 Å². The first kappa shape index (κ1) is 14.7. The normalized spacial score (nSPS) is 14.3. The second-order valence-electron chi connectivity index (χ2n) is 4.62. The number of ether oxygens (including phenoxy) is 1. The molecule has 1 rings (SSSR count). The molecule has 3 N–H and O–H groups in total. The summed E-state index contributed by atoms with van der Waals surface area (Å²) < 4.78 is 4.92. The molecule has 0 aliphatic carbocycles. The van der Waals surface area contributed by atoms with E-state index >= 15 is 0 Å².